The fourth-order valence-corrected chi connectivity index (χ4v) is 4.90. The minimum atomic E-state index is -2.79. The molecule has 1 saturated heterocycles. The Kier molecular flexibility index (Phi) is 3.36. The minimum absolute atomic E-state index is 0.135. The van der Waals surface area contributed by atoms with Crippen molar-refractivity contribution in [3.05, 3.63) is 0 Å². The second-order valence-electron chi connectivity index (χ2n) is 5.15. The van der Waals surface area contributed by atoms with Crippen LogP contribution < -0.4 is 5.32 Å². The first-order valence-electron chi connectivity index (χ1n) is 6.03. The third-order valence-corrected chi connectivity index (χ3v) is 5.53. The summed E-state index contributed by atoms with van der Waals surface area (Å²) >= 11 is 0. The molecule has 2 unspecified atom stereocenters. The number of rotatable bonds is 1. The van der Waals surface area contributed by atoms with Crippen LogP contribution in [0.25, 0.3) is 0 Å². The molecule has 15 heavy (non-hydrogen) atoms. The van der Waals surface area contributed by atoms with E-state index in [0.717, 1.165) is 0 Å². The van der Waals surface area contributed by atoms with Crippen molar-refractivity contribution in [2.24, 2.45) is 5.92 Å². The number of hydrogen-bond donors (Lipinski definition) is 1. The van der Waals surface area contributed by atoms with E-state index in [1.165, 1.54) is 32.1 Å². The minimum Gasteiger partial charge on any atom is -0.309 e. The van der Waals surface area contributed by atoms with Gasteiger partial charge < -0.3 is 5.32 Å². The predicted molar refractivity (Wildman–Crippen MR) is 61.6 cm³/mol. The summed E-state index contributed by atoms with van der Waals surface area (Å²) in [5.74, 6) is 1.27. The van der Waals surface area contributed by atoms with Crippen LogP contribution in [0.1, 0.15) is 39.0 Å². The maximum absolute atomic E-state index is 11.7. The summed E-state index contributed by atoms with van der Waals surface area (Å²) in [6.45, 7) is 1.98. The van der Waals surface area contributed by atoms with Crippen LogP contribution in [0, 0.1) is 5.92 Å². The molecule has 0 radical (unpaired) electrons. The van der Waals surface area contributed by atoms with Crippen LogP contribution in [0.3, 0.4) is 0 Å². The zero-order chi connectivity index (χ0) is 10.9. The summed E-state index contributed by atoms with van der Waals surface area (Å²) in [5, 5.41) is 3.46. The second kappa shape index (κ2) is 4.42. The van der Waals surface area contributed by atoms with Crippen LogP contribution in [0.2, 0.25) is 0 Å². The SMILES string of the molecule is CC1CS(=O)(=O)CC(C2CCCCC2)N1. The fourth-order valence-electron chi connectivity index (χ4n) is 2.99. The Morgan fingerprint density at radius 3 is 2.33 bits per heavy atom. The molecule has 0 spiro atoms. The Balaban J connectivity index is 2.02. The van der Waals surface area contributed by atoms with E-state index in [9.17, 15) is 8.42 Å². The van der Waals surface area contributed by atoms with Crippen molar-refractivity contribution in [3.8, 4) is 0 Å². The summed E-state index contributed by atoms with van der Waals surface area (Å²) in [5.41, 5.74) is 0. The van der Waals surface area contributed by atoms with E-state index in [-0.39, 0.29) is 12.1 Å². The van der Waals surface area contributed by atoms with Crippen molar-refractivity contribution < 1.29 is 8.42 Å². The maximum Gasteiger partial charge on any atom is 0.153 e. The average molecular weight is 231 g/mol. The Labute approximate surface area is 92.6 Å². The van der Waals surface area contributed by atoms with Crippen LogP contribution in [0.5, 0.6) is 0 Å². The summed E-state index contributed by atoms with van der Waals surface area (Å²) in [6, 6.07) is 0.356. The lowest BCUT2D eigenvalue weighted by atomic mass is 9.84. The molecule has 1 saturated carbocycles. The number of hydrogen-bond acceptors (Lipinski definition) is 3. The zero-order valence-electron chi connectivity index (χ0n) is 9.41. The van der Waals surface area contributed by atoms with Crippen LogP contribution in [-0.4, -0.2) is 32.0 Å². The highest BCUT2D eigenvalue weighted by Gasteiger charge is 2.33. The lowest BCUT2D eigenvalue weighted by Crippen LogP contribution is -2.54. The number of nitrogens with one attached hydrogen (secondary N) is 1. The highest BCUT2D eigenvalue weighted by molar-refractivity contribution is 7.91. The van der Waals surface area contributed by atoms with Gasteiger partial charge in [-0.15, -0.1) is 0 Å². The molecule has 88 valence electrons. The zero-order valence-corrected chi connectivity index (χ0v) is 10.2. The smallest absolute Gasteiger partial charge is 0.153 e. The van der Waals surface area contributed by atoms with E-state index >= 15 is 0 Å². The highest BCUT2D eigenvalue weighted by atomic mass is 32.2. The summed E-state index contributed by atoms with van der Waals surface area (Å²) in [6.07, 6.45) is 6.29. The molecule has 1 aliphatic carbocycles. The Morgan fingerprint density at radius 1 is 1.07 bits per heavy atom. The van der Waals surface area contributed by atoms with Crippen molar-refractivity contribution >= 4 is 9.84 Å². The maximum atomic E-state index is 11.7. The molecule has 1 N–H and O–H groups in total. The van der Waals surface area contributed by atoms with Gasteiger partial charge in [0.1, 0.15) is 0 Å². The topological polar surface area (TPSA) is 46.2 Å². The van der Waals surface area contributed by atoms with E-state index in [0.29, 0.717) is 17.4 Å². The molecule has 0 bridgehead atoms. The first kappa shape index (κ1) is 11.4. The predicted octanol–water partition coefficient (Wildman–Crippen LogP) is 1.34. The molecule has 3 nitrogen and oxygen atoms in total. The van der Waals surface area contributed by atoms with Gasteiger partial charge >= 0.3 is 0 Å². The molecule has 4 heteroatoms. The van der Waals surface area contributed by atoms with Gasteiger partial charge in [0, 0.05) is 12.1 Å². The van der Waals surface area contributed by atoms with Gasteiger partial charge in [-0.3, -0.25) is 0 Å². The van der Waals surface area contributed by atoms with E-state index in [1.807, 2.05) is 6.92 Å². The van der Waals surface area contributed by atoms with Gasteiger partial charge in [-0.25, -0.2) is 8.42 Å². The van der Waals surface area contributed by atoms with Gasteiger partial charge in [-0.2, -0.15) is 0 Å². The Hall–Kier alpha value is -0.0900. The van der Waals surface area contributed by atoms with Crippen LogP contribution in [-0.2, 0) is 9.84 Å². The van der Waals surface area contributed by atoms with Gasteiger partial charge in [0.05, 0.1) is 11.5 Å². The lowest BCUT2D eigenvalue weighted by Gasteiger charge is -2.36. The largest absolute Gasteiger partial charge is 0.309 e. The van der Waals surface area contributed by atoms with Gasteiger partial charge in [0.25, 0.3) is 0 Å². The molecule has 2 fully saturated rings. The first-order chi connectivity index (χ1) is 7.07. The lowest BCUT2D eigenvalue weighted by molar-refractivity contribution is 0.266. The molecular formula is C11H21NO2S. The van der Waals surface area contributed by atoms with Gasteiger partial charge in [-0.1, -0.05) is 19.3 Å². The fraction of sp³-hybridized carbons (Fsp3) is 1.00. The van der Waals surface area contributed by atoms with Crippen LogP contribution in [0.4, 0.5) is 0 Å². The highest BCUT2D eigenvalue weighted by Crippen LogP contribution is 2.28. The molecule has 2 atom stereocenters. The van der Waals surface area contributed by atoms with E-state index in [1.54, 1.807) is 0 Å². The molecule has 0 aromatic heterocycles. The molecule has 0 aromatic carbocycles. The van der Waals surface area contributed by atoms with Gasteiger partial charge in [-0.05, 0) is 25.7 Å². The number of sulfone groups is 1. The van der Waals surface area contributed by atoms with E-state index < -0.39 is 9.84 Å². The monoisotopic (exact) mass is 231 g/mol. The van der Waals surface area contributed by atoms with Gasteiger partial charge in [0.2, 0.25) is 0 Å². The van der Waals surface area contributed by atoms with Gasteiger partial charge in [0.15, 0.2) is 9.84 Å². The normalized spacial score (nSPS) is 37.7. The molecule has 1 heterocycles. The first-order valence-corrected chi connectivity index (χ1v) is 7.85. The molecule has 2 rings (SSSR count). The van der Waals surface area contributed by atoms with Crippen molar-refractivity contribution in [3.63, 3.8) is 0 Å². The summed E-state index contributed by atoms with van der Waals surface area (Å²) in [7, 11) is -2.79. The molecule has 2 aliphatic rings. The summed E-state index contributed by atoms with van der Waals surface area (Å²) in [4.78, 5) is 0. The van der Waals surface area contributed by atoms with Crippen molar-refractivity contribution in [2.45, 2.75) is 51.1 Å². The quantitative estimate of drug-likeness (QED) is 0.741. The molecule has 0 aromatic rings. The van der Waals surface area contributed by atoms with E-state index in [2.05, 4.69) is 5.32 Å². The third-order valence-electron chi connectivity index (χ3n) is 3.65. The Morgan fingerprint density at radius 2 is 1.73 bits per heavy atom. The molecule has 1 aliphatic heterocycles. The standard InChI is InChI=1S/C11H21NO2S/c1-9-7-15(13,14)8-11(12-9)10-5-3-2-4-6-10/h9-12H,2-8H2,1H3. The van der Waals surface area contributed by atoms with E-state index in [4.69, 9.17) is 0 Å². The Bertz CT molecular complexity index is 307. The van der Waals surface area contributed by atoms with Crippen LogP contribution >= 0.6 is 0 Å². The van der Waals surface area contributed by atoms with Crippen LogP contribution in [0.15, 0.2) is 0 Å². The second-order valence-corrected chi connectivity index (χ2v) is 7.30. The summed E-state index contributed by atoms with van der Waals surface area (Å²) < 4.78 is 23.3. The third kappa shape index (κ3) is 2.94. The van der Waals surface area contributed by atoms with Crippen molar-refractivity contribution in [2.75, 3.05) is 11.5 Å². The van der Waals surface area contributed by atoms with Crippen molar-refractivity contribution in [1.82, 2.24) is 5.32 Å². The molecule has 0 amide bonds. The van der Waals surface area contributed by atoms with Crippen molar-refractivity contribution in [1.29, 1.82) is 0 Å². The average Bonchev–Trinajstić information content (AvgIpc) is 2.16. The molecular weight excluding hydrogens is 210 g/mol.